The Labute approximate surface area is 201 Å². The van der Waals surface area contributed by atoms with Crippen molar-refractivity contribution in [2.75, 3.05) is 17.2 Å². The van der Waals surface area contributed by atoms with Gasteiger partial charge < -0.3 is 15.2 Å². The molecule has 0 unspecified atom stereocenters. The van der Waals surface area contributed by atoms with Crippen molar-refractivity contribution in [2.24, 2.45) is 0 Å². The first kappa shape index (κ1) is 21.5. The normalized spacial score (nSPS) is 14.7. The number of nitrogens with one attached hydrogen (secondary N) is 2. The summed E-state index contributed by atoms with van der Waals surface area (Å²) in [7, 11) is 0. The molecule has 0 atom stereocenters. The smallest absolute Gasteiger partial charge is 0.259 e. The highest BCUT2D eigenvalue weighted by atomic mass is 19.1. The molecular weight excluding hydrogens is 447 g/mol. The average Bonchev–Trinajstić information content (AvgIpc) is 3.45. The first-order valence-corrected chi connectivity index (χ1v) is 11.8. The molecule has 0 bridgehead atoms. The van der Waals surface area contributed by atoms with E-state index in [0.717, 1.165) is 35.7 Å². The zero-order valence-corrected chi connectivity index (χ0v) is 19.5. The van der Waals surface area contributed by atoms with Crippen molar-refractivity contribution in [3.63, 3.8) is 0 Å². The van der Waals surface area contributed by atoms with E-state index in [0.29, 0.717) is 36.2 Å². The molecule has 1 aliphatic carbocycles. The number of benzene rings is 1. The summed E-state index contributed by atoms with van der Waals surface area (Å²) in [6, 6.07) is 8.44. The Balaban J connectivity index is 1.32. The zero-order chi connectivity index (χ0) is 24.1. The molecule has 3 aromatic heterocycles. The molecule has 1 aromatic carbocycles. The summed E-state index contributed by atoms with van der Waals surface area (Å²) in [5.41, 5.74) is 3.15. The molecule has 1 saturated carbocycles. The second-order valence-corrected chi connectivity index (χ2v) is 9.29. The average molecular weight is 473 g/mol. The lowest BCUT2D eigenvalue weighted by Crippen LogP contribution is -2.16. The Morgan fingerprint density at radius 2 is 2.09 bits per heavy atom. The lowest BCUT2D eigenvalue weighted by Gasteiger charge is -2.13. The zero-order valence-electron chi connectivity index (χ0n) is 19.5. The fourth-order valence-electron chi connectivity index (χ4n) is 4.41. The first-order chi connectivity index (χ1) is 17.0. The van der Waals surface area contributed by atoms with Crippen LogP contribution in [0.25, 0.3) is 17.2 Å². The number of halogens is 1. The van der Waals surface area contributed by atoms with Crippen molar-refractivity contribution in [1.29, 1.82) is 0 Å². The molecule has 4 heterocycles. The van der Waals surface area contributed by atoms with E-state index in [1.54, 1.807) is 30.6 Å². The predicted molar refractivity (Wildman–Crippen MR) is 129 cm³/mol. The summed E-state index contributed by atoms with van der Waals surface area (Å²) in [6.07, 6.45) is 6.56. The molecule has 1 fully saturated rings. The molecule has 1 aliphatic heterocycles. The van der Waals surface area contributed by atoms with Gasteiger partial charge in [0.25, 0.3) is 5.91 Å². The number of anilines is 2. The van der Waals surface area contributed by atoms with Crippen molar-refractivity contribution in [2.45, 2.75) is 45.1 Å². The number of fused-ring (bicyclic) bond motifs is 3. The van der Waals surface area contributed by atoms with E-state index in [-0.39, 0.29) is 11.6 Å². The van der Waals surface area contributed by atoms with Gasteiger partial charge in [0.15, 0.2) is 5.82 Å². The van der Waals surface area contributed by atoms with Gasteiger partial charge in [0, 0.05) is 24.7 Å². The number of hydrogen-bond donors (Lipinski definition) is 2. The number of aromatic nitrogens is 6. The van der Waals surface area contributed by atoms with Crippen molar-refractivity contribution in [3.05, 3.63) is 65.5 Å². The third kappa shape index (κ3) is 3.94. The molecule has 10 heteroatoms. The second kappa shape index (κ2) is 8.30. The number of amides is 1. The molecule has 6 rings (SSSR count). The standard InChI is InChI=1S/C25H25FN8O/c1-14(2)34-13-28-32-23(34)19-4-3-5-22(29-19)31-24(35)17-11-21-16(10-18(17)26)8-9-27-25-30-20(12-33(21)25)15-6-7-15/h3-5,10-15H,6-9H2,1-2H3,(H,27,30)(H,29,31,35). The molecular formula is C25H25FN8O. The maximum atomic E-state index is 15.1. The van der Waals surface area contributed by atoms with E-state index >= 15 is 4.39 Å². The van der Waals surface area contributed by atoms with Gasteiger partial charge in [0.2, 0.25) is 5.95 Å². The van der Waals surface area contributed by atoms with E-state index in [2.05, 4.69) is 25.8 Å². The number of hydrogen-bond acceptors (Lipinski definition) is 6. The SMILES string of the molecule is CC(C)n1cnnc1-c1cccc(NC(=O)c2cc3c(cc2F)CCNc2nc(C4CC4)cn2-3)n1. The van der Waals surface area contributed by atoms with Gasteiger partial charge in [-0.1, -0.05) is 6.07 Å². The third-order valence-electron chi connectivity index (χ3n) is 6.42. The molecule has 9 nitrogen and oxygen atoms in total. The van der Waals surface area contributed by atoms with Gasteiger partial charge in [-0.25, -0.2) is 14.4 Å². The van der Waals surface area contributed by atoms with Gasteiger partial charge in [-0.3, -0.25) is 9.36 Å². The van der Waals surface area contributed by atoms with Crippen LogP contribution in [0.2, 0.25) is 0 Å². The van der Waals surface area contributed by atoms with Crippen molar-refractivity contribution in [1.82, 2.24) is 29.3 Å². The molecule has 0 spiro atoms. The highest BCUT2D eigenvalue weighted by molar-refractivity contribution is 6.04. The van der Waals surface area contributed by atoms with E-state index in [9.17, 15) is 4.79 Å². The third-order valence-corrected chi connectivity index (χ3v) is 6.42. The van der Waals surface area contributed by atoms with Crippen LogP contribution in [-0.2, 0) is 6.42 Å². The summed E-state index contributed by atoms with van der Waals surface area (Å²) in [4.78, 5) is 22.4. The maximum absolute atomic E-state index is 15.1. The van der Waals surface area contributed by atoms with E-state index in [4.69, 9.17) is 4.98 Å². The minimum absolute atomic E-state index is 0.0455. The molecule has 35 heavy (non-hydrogen) atoms. The van der Waals surface area contributed by atoms with Crippen LogP contribution in [-0.4, -0.2) is 41.8 Å². The summed E-state index contributed by atoms with van der Waals surface area (Å²) >= 11 is 0. The molecule has 4 aromatic rings. The fourth-order valence-corrected chi connectivity index (χ4v) is 4.41. The minimum Gasteiger partial charge on any atom is -0.355 e. The number of pyridine rings is 1. The fraction of sp³-hybridized carbons (Fsp3) is 0.320. The van der Waals surface area contributed by atoms with Crippen LogP contribution in [0.5, 0.6) is 0 Å². The molecule has 2 N–H and O–H groups in total. The lowest BCUT2D eigenvalue weighted by molar-refractivity contribution is 0.102. The van der Waals surface area contributed by atoms with Gasteiger partial charge in [0.1, 0.15) is 23.7 Å². The van der Waals surface area contributed by atoms with Crippen LogP contribution in [0.15, 0.2) is 42.9 Å². The second-order valence-electron chi connectivity index (χ2n) is 9.29. The first-order valence-electron chi connectivity index (χ1n) is 11.8. The highest BCUT2D eigenvalue weighted by Crippen LogP contribution is 2.41. The molecule has 2 aliphatic rings. The summed E-state index contributed by atoms with van der Waals surface area (Å²) in [6.45, 7) is 4.69. The topological polar surface area (TPSA) is 103 Å². The Morgan fingerprint density at radius 3 is 2.89 bits per heavy atom. The van der Waals surface area contributed by atoms with E-state index in [1.165, 1.54) is 6.07 Å². The van der Waals surface area contributed by atoms with Crippen LogP contribution < -0.4 is 10.6 Å². The largest absolute Gasteiger partial charge is 0.355 e. The van der Waals surface area contributed by atoms with Gasteiger partial charge in [-0.2, -0.15) is 0 Å². The van der Waals surface area contributed by atoms with Crippen molar-refractivity contribution < 1.29 is 9.18 Å². The number of rotatable bonds is 5. The summed E-state index contributed by atoms with van der Waals surface area (Å²) in [5, 5.41) is 14.2. The Hall–Kier alpha value is -4.08. The maximum Gasteiger partial charge on any atom is 0.259 e. The molecule has 1 amide bonds. The Kier molecular flexibility index (Phi) is 5.09. The highest BCUT2D eigenvalue weighted by Gasteiger charge is 2.29. The van der Waals surface area contributed by atoms with Gasteiger partial charge in [-0.15, -0.1) is 10.2 Å². The predicted octanol–water partition coefficient (Wildman–Crippen LogP) is 4.34. The van der Waals surface area contributed by atoms with Gasteiger partial charge in [0.05, 0.1) is 16.9 Å². The molecule has 0 saturated heterocycles. The van der Waals surface area contributed by atoms with Crippen LogP contribution in [0, 0.1) is 5.82 Å². The van der Waals surface area contributed by atoms with E-state index in [1.807, 2.05) is 29.2 Å². The minimum atomic E-state index is -0.568. The quantitative estimate of drug-likeness (QED) is 0.448. The van der Waals surface area contributed by atoms with Crippen LogP contribution >= 0.6 is 0 Å². The molecule has 0 radical (unpaired) electrons. The lowest BCUT2D eigenvalue weighted by atomic mass is 10.0. The Morgan fingerprint density at radius 1 is 1.23 bits per heavy atom. The number of carbonyl (C=O) groups excluding carboxylic acids is 1. The number of nitrogens with zero attached hydrogens (tertiary/aromatic N) is 6. The summed E-state index contributed by atoms with van der Waals surface area (Å²) in [5.74, 6) is 0.986. The summed E-state index contributed by atoms with van der Waals surface area (Å²) < 4.78 is 18.9. The van der Waals surface area contributed by atoms with Crippen LogP contribution in [0.4, 0.5) is 16.2 Å². The molecule has 178 valence electrons. The monoisotopic (exact) mass is 472 g/mol. The number of carbonyl (C=O) groups is 1. The van der Waals surface area contributed by atoms with Crippen molar-refractivity contribution in [3.8, 4) is 17.2 Å². The van der Waals surface area contributed by atoms with Crippen molar-refractivity contribution >= 4 is 17.7 Å². The van der Waals surface area contributed by atoms with Gasteiger partial charge >= 0.3 is 0 Å². The van der Waals surface area contributed by atoms with Gasteiger partial charge in [-0.05, 0) is 62.9 Å². The van der Waals surface area contributed by atoms with Crippen LogP contribution in [0.3, 0.4) is 0 Å². The number of imidazole rings is 1. The Bertz CT molecular complexity index is 1440. The van der Waals surface area contributed by atoms with E-state index < -0.39 is 11.7 Å². The van der Waals surface area contributed by atoms with Crippen LogP contribution in [0.1, 0.15) is 60.3 Å².